The number of aliphatic hydroxyl groups excluding tert-OH is 1. The molecule has 2 rings (SSSR count). The number of rotatable bonds is 8. The summed E-state index contributed by atoms with van der Waals surface area (Å²) in [4.78, 5) is 11.8. The van der Waals surface area contributed by atoms with E-state index in [1.807, 2.05) is 54.6 Å². The van der Waals surface area contributed by atoms with E-state index in [2.05, 4.69) is 10.6 Å². The Morgan fingerprint density at radius 3 is 2.58 bits per heavy atom. The van der Waals surface area contributed by atoms with E-state index in [4.69, 9.17) is 4.74 Å². The van der Waals surface area contributed by atoms with Crippen LogP contribution in [0, 0.1) is 0 Å². The molecule has 2 aromatic rings. The summed E-state index contributed by atoms with van der Waals surface area (Å²) in [6.07, 6.45) is 0.638. The van der Waals surface area contributed by atoms with Crippen molar-refractivity contribution in [1.29, 1.82) is 0 Å². The molecule has 0 saturated carbocycles. The van der Waals surface area contributed by atoms with E-state index in [0.29, 0.717) is 13.0 Å². The third-order valence-corrected chi connectivity index (χ3v) is 3.65. The fourth-order valence-electron chi connectivity index (χ4n) is 2.38. The fourth-order valence-corrected chi connectivity index (χ4v) is 2.38. The van der Waals surface area contributed by atoms with Crippen molar-refractivity contribution in [3.05, 3.63) is 65.7 Å². The average Bonchev–Trinajstić information content (AvgIpc) is 2.61. The van der Waals surface area contributed by atoms with Crippen molar-refractivity contribution in [3.8, 4) is 5.75 Å². The third-order valence-electron chi connectivity index (χ3n) is 3.65. The predicted octanol–water partition coefficient (Wildman–Crippen LogP) is 2.14. The third kappa shape index (κ3) is 6.30. The number of hydrogen-bond acceptors (Lipinski definition) is 3. The van der Waals surface area contributed by atoms with Crippen molar-refractivity contribution in [1.82, 2.24) is 10.6 Å². The Hall–Kier alpha value is -2.53. The van der Waals surface area contributed by atoms with Crippen LogP contribution in [-0.2, 0) is 12.8 Å². The van der Waals surface area contributed by atoms with Gasteiger partial charge >= 0.3 is 6.03 Å². The summed E-state index contributed by atoms with van der Waals surface area (Å²) in [7, 11) is 1.63. The van der Waals surface area contributed by atoms with Gasteiger partial charge in [-0.3, -0.25) is 0 Å². The van der Waals surface area contributed by atoms with E-state index < -0.39 is 6.10 Å². The second-order valence-electron chi connectivity index (χ2n) is 5.58. The molecule has 1 unspecified atom stereocenters. The first-order chi connectivity index (χ1) is 11.7. The number of nitrogens with one attached hydrogen (secondary N) is 2. The molecule has 0 bridgehead atoms. The van der Waals surface area contributed by atoms with E-state index in [0.717, 1.165) is 23.3 Å². The molecule has 0 aliphatic carbocycles. The van der Waals surface area contributed by atoms with Crippen LogP contribution in [0.5, 0.6) is 5.75 Å². The highest BCUT2D eigenvalue weighted by Gasteiger charge is 2.07. The molecule has 0 radical (unpaired) electrons. The Bertz CT molecular complexity index is 632. The Morgan fingerprint density at radius 1 is 1.08 bits per heavy atom. The van der Waals surface area contributed by atoms with Gasteiger partial charge in [0.05, 0.1) is 13.2 Å². The zero-order chi connectivity index (χ0) is 17.2. The van der Waals surface area contributed by atoms with Gasteiger partial charge in [-0.1, -0.05) is 42.5 Å². The molecule has 0 spiro atoms. The van der Waals surface area contributed by atoms with Crippen LogP contribution < -0.4 is 15.4 Å². The molecule has 0 heterocycles. The van der Waals surface area contributed by atoms with Gasteiger partial charge in [0.2, 0.25) is 0 Å². The lowest BCUT2D eigenvalue weighted by Crippen LogP contribution is -2.41. The maximum atomic E-state index is 11.8. The van der Waals surface area contributed by atoms with Crippen molar-refractivity contribution in [3.63, 3.8) is 0 Å². The molecule has 2 aromatic carbocycles. The number of hydrogen-bond donors (Lipinski definition) is 3. The van der Waals surface area contributed by atoms with Gasteiger partial charge in [0, 0.05) is 19.5 Å². The average molecular weight is 328 g/mol. The maximum absolute atomic E-state index is 11.8. The fraction of sp³-hybridized carbons (Fsp3) is 0.316. The van der Waals surface area contributed by atoms with Crippen LogP contribution in [0.1, 0.15) is 11.1 Å². The van der Waals surface area contributed by atoms with Crippen molar-refractivity contribution in [2.75, 3.05) is 20.2 Å². The van der Waals surface area contributed by atoms with Crippen LogP contribution in [0.2, 0.25) is 0 Å². The molecule has 3 N–H and O–H groups in total. The van der Waals surface area contributed by atoms with E-state index in [-0.39, 0.29) is 12.6 Å². The summed E-state index contributed by atoms with van der Waals surface area (Å²) < 4.78 is 5.17. The molecule has 24 heavy (non-hydrogen) atoms. The van der Waals surface area contributed by atoms with Crippen LogP contribution in [0.25, 0.3) is 0 Å². The minimum absolute atomic E-state index is 0.222. The molecular weight excluding hydrogens is 304 g/mol. The van der Waals surface area contributed by atoms with Crippen LogP contribution in [0.4, 0.5) is 4.79 Å². The summed E-state index contributed by atoms with van der Waals surface area (Å²) >= 11 is 0. The van der Waals surface area contributed by atoms with Crippen molar-refractivity contribution >= 4 is 6.03 Å². The number of amides is 2. The summed E-state index contributed by atoms with van der Waals surface area (Å²) in [6.45, 7) is 0.744. The topological polar surface area (TPSA) is 70.6 Å². The lowest BCUT2D eigenvalue weighted by molar-refractivity contribution is 0.170. The molecule has 0 aliphatic rings. The minimum Gasteiger partial charge on any atom is -0.497 e. The van der Waals surface area contributed by atoms with Crippen LogP contribution in [-0.4, -0.2) is 37.4 Å². The molecule has 128 valence electrons. The first-order valence-electron chi connectivity index (χ1n) is 8.04. The Kier molecular flexibility index (Phi) is 7.11. The smallest absolute Gasteiger partial charge is 0.314 e. The van der Waals surface area contributed by atoms with Gasteiger partial charge in [-0.2, -0.15) is 0 Å². The molecular formula is C19H24N2O3. The van der Waals surface area contributed by atoms with Crippen molar-refractivity contribution in [2.45, 2.75) is 18.9 Å². The molecule has 2 amide bonds. The highest BCUT2D eigenvalue weighted by molar-refractivity contribution is 5.73. The lowest BCUT2D eigenvalue weighted by atomic mass is 10.1. The molecule has 0 aliphatic heterocycles. The van der Waals surface area contributed by atoms with Gasteiger partial charge in [0.1, 0.15) is 5.75 Å². The van der Waals surface area contributed by atoms with Crippen LogP contribution >= 0.6 is 0 Å². The van der Waals surface area contributed by atoms with Crippen LogP contribution in [0.3, 0.4) is 0 Å². The SMILES string of the molecule is COc1cccc(CCNC(=O)NCC(O)Cc2ccccc2)c1. The Balaban J connectivity index is 1.64. The second kappa shape index (κ2) is 9.57. The van der Waals surface area contributed by atoms with E-state index in [1.54, 1.807) is 7.11 Å². The van der Waals surface area contributed by atoms with Gasteiger partial charge in [-0.15, -0.1) is 0 Å². The molecule has 0 saturated heterocycles. The number of carbonyl (C=O) groups excluding carboxylic acids is 1. The molecule has 5 nitrogen and oxygen atoms in total. The summed E-state index contributed by atoms with van der Waals surface area (Å²) in [5.74, 6) is 0.806. The number of benzene rings is 2. The van der Waals surface area contributed by atoms with E-state index in [1.165, 1.54) is 0 Å². The van der Waals surface area contributed by atoms with E-state index in [9.17, 15) is 9.90 Å². The van der Waals surface area contributed by atoms with Crippen LogP contribution in [0.15, 0.2) is 54.6 Å². The normalized spacial score (nSPS) is 11.6. The summed E-state index contributed by atoms with van der Waals surface area (Å²) in [5, 5.41) is 15.4. The first-order valence-corrected chi connectivity index (χ1v) is 8.04. The summed E-state index contributed by atoms with van der Waals surface area (Å²) in [6, 6.07) is 17.2. The molecule has 5 heteroatoms. The van der Waals surface area contributed by atoms with Gasteiger partial charge in [-0.05, 0) is 29.7 Å². The number of carbonyl (C=O) groups is 1. The monoisotopic (exact) mass is 328 g/mol. The lowest BCUT2D eigenvalue weighted by Gasteiger charge is -2.13. The second-order valence-corrected chi connectivity index (χ2v) is 5.58. The molecule has 0 aromatic heterocycles. The van der Waals surface area contributed by atoms with E-state index >= 15 is 0 Å². The van der Waals surface area contributed by atoms with Gasteiger partial charge < -0.3 is 20.5 Å². The maximum Gasteiger partial charge on any atom is 0.314 e. The number of aliphatic hydroxyl groups is 1. The zero-order valence-corrected chi connectivity index (χ0v) is 13.9. The Labute approximate surface area is 142 Å². The number of ether oxygens (including phenoxy) is 1. The number of methoxy groups -OCH3 is 1. The largest absolute Gasteiger partial charge is 0.497 e. The standard InChI is InChI=1S/C19H24N2O3/c1-24-18-9-5-8-16(13-18)10-11-20-19(23)21-14-17(22)12-15-6-3-2-4-7-15/h2-9,13,17,22H,10-12,14H2,1H3,(H2,20,21,23). The number of urea groups is 1. The van der Waals surface area contributed by atoms with Crippen molar-refractivity contribution < 1.29 is 14.6 Å². The van der Waals surface area contributed by atoms with Gasteiger partial charge in [-0.25, -0.2) is 4.79 Å². The van der Waals surface area contributed by atoms with Gasteiger partial charge in [0.25, 0.3) is 0 Å². The minimum atomic E-state index is -0.600. The Morgan fingerprint density at radius 2 is 1.83 bits per heavy atom. The van der Waals surface area contributed by atoms with Crippen molar-refractivity contribution in [2.24, 2.45) is 0 Å². The summed E-state index contributed by atoms with van der Waals surface area (Å²) in [5.41, 5.74) is 2.14. The highest BCUT2D eigenvalue weighted by atomic mass is 16.5. The quantitative estimate of drug-likeness (QED) is 0.695. The highest BCUT2D eigenvalue weighted by Crippen LogP contribution is 2.12. The van der Waals surface area contributed by atoms with Gasteiger partial charge in [0.15, 0.2) is 0 Å². The zero-order valence-electron chi connectivity index (χ0n) is 13.9. The first kappa shape index (κ1) is 17.8. The molecule has 1 atom stereocenters. The predicted molar refractivity (Wildman–Crippen MR) is 94.3 cm³/mol. The molecule has 0 fully saturated rings.